The smallest absolute Gasteiger partial charge is 0.229 e. The van der Waals surface area contributed by atoms with Gasteiger partial charge in [0, 0.05) is 30.6 Å². The summed E-state index contributed by atoms with van der Waals surface area (Å²) in [6, 6.07) is 9.87. The van der Waals surface area contributed by atoms with Gasteiger partial charge < -0.3 is 10.2 Å². The summed E-state index contributed by atoms with van der Waals surface area (Å²) in [5.74, 6) is 0.192. The lowest BCUT2D eigenvalue weighted by atomic mass is 9.84. The molecule has 2 heterocycles. The zero-order valence-corrected chi connectivity index (χ0v) is 13.7. The number of rotatable bonds is 3. The number of hydrogen-bond acceptors (Lipinski definition) is 4. The van der Waals surface area contributed by atoms with Crippen LogP contribution in [-0.2, 0) is 9.59 Å². The molecule has 2 amide bonds. The molecular formula is C18H24N4O2. The molecule has 1 saturated carbocycles. The summed E-state index contributed by atoms with van der Waals surface area (Å²) in [6.45, 7) is 0.500. The fourth-order valence-electron chi connectivity index (χ4n) is 4.27. The highest BCUT2D eigenvalue weighted by atomic mass is 16.2. The van der Waals surface area contributed by atoms with Gasteiger partial charge in [0.15, 0.2) is 0 Å². The molecule has 0 spiro atoms. The number of nitrogens with zero attached hydrogens (tertiary/aromatic N) is 1. The Kier molecular flexibility index (Phi) is 4.24. The van der Waals surface area contributed by atoms with E-state index in [-0.39, 0.29) is 23.9 Å². The van der Waals surface area contributed by atoms with E-state index in [1.165, 1.54) is 12.8 Å². The van der Waals surface area contributed by atoms with Gasteiger partial charge in [0.25, 0.3) is 0 Å². The summed E-state index contributed by atoms with van der Waals surface area (Å²) in [4.78, 5) is 26.8. The van der Waals surface area contributed by atoms with Crippen LogP contribution in [0.2, 0.25) is 0 Å². The predicted molar refractivity (Wildman–Crippen MR) is 90.7 cm³/mol. The van der Waals surface area contributed by atoms with E-state index in [0.717, 1.165) is 18.5 Å². The molecule has 0 aromatic heterocycles. The van der Waals surface area contributed by atoms with Gasteiger partial charge in [0.2, 0.25) is 11.8 Å². The number of amides is 2. The molecule has 2 saturated heterocycles. The fraction of sp³-hybridized carbons (Fsp3) is 0.556. The van der Waals surface area contributed by atoms with Crippen LogP contribution in [0, 0.1) is 11.8 Å². The number of anilines is 1. The summed E-state index contributed by atoms with van der Waals surface area (Å²) < 4.78 is 0. The number of nitrogens with one attached hydrogen (secondary N) is 3. The Hall–Kier alpha value is -1.92. The number of carbonyl (C=O) groups is 2. The maximum atomic E-state index is 12.5. The normalized spacial score (nSPS) is 32.7. The van der Waals surface area contributed by atoms with Crippen LogP contribution >= 0.6 is 0 Å². The molecule has 6 nitrogen and oxygen atoms in total. The van der Waals surface area contributed by atoms with E-state index in [1.54, 1.807) is 0 Å². The largest absolute Gasteiger partial charge is 0.326 e. The molecule has 3 aliphatic rings. The van der Waals surface area contributed by atoms with Crippen molar-refractivity contribution in [1.29, 1.82) is 0 Å². The van der Waals surface area contributed by atoms with Crippen molar-refractivity contribution in [2.75, 3.05) is 11.9 Å². The summed E-state index contributed by atoms with van der Waals surface area (Å²) in [5.41, 5.74) is 7.43. The molecule has 6 heteroatoms. The van der Waals surface area contributed by atoms with Crippen LogP contribution in [0.25, 0.3) is 0 Å². The first-order chi connectivity index (χ1) is 11.7. The summed E-state index contributed by atoms with van der Waals surface area (Å²) >= 11 is 0. The van der Waals surface area contributed by atoms with Gasteiger partial charge in [-0.2, -0.15) is 0 Å². The number of hydrazine groups is 1. The molecule has 0 radical (unpaired) electrons. The van der Waals surface area contributed by atoms with Crippen LogP contribution in [0.3, 0.4) is 0 Å². The van der Waals surface area contributed by atoms with Crippen molar-refractivity contribution in [2.24, 2.45) is 11.8 Å². The SMILES string of the molecule is O=C(Nc1ccccc1)C1CC(=O)N(C2NNC3CCCCC32)C1. The maximum absolute atomic E-state index is 12.5. The first kappa shape index (κ1) is 15.6. The van der Waals surface area contributed by atoms with Gasteiger partial charge in [-0.3, -0.25) is 15.0 Å². The number of hydrogen-bond donors (Lipinski definition) is 3. The van der Waals surface area contributed by atoms with Crippen LogP contribution < -0.4 is 16.2 Å². The third-order valence-electron chi connectivity index (χ3n) is 5.55. The van der Waals surface area contributed by atoms with E-state index in [0.29, 0.717) is 24.9 Å². The first-order valence-corrected chi connectivity index (χ1v) is 8.89. The van der Waals surface area contributed by atoms with Gasteiger partial charge in [0.05, 0.1) is 12.1 Å². The van der Waals surface area contributed by atoms with Crippen molar-refractivity contribution < 1.29 is 9.59 Å². The summed E-state index contributed by atoms with van der Waals surface area (Å²) in [7, 11) is 0. The van der Waals surface area contributed by atoms with Gasteiger partial charge in [-0.15, -0.1) is 0 Å². The van der Waals surface area contributed by atoms with E-state index in [4.69, 9.17) is 0 Å². The molecule has 1 aromatic rings. The van der Waals surface area contributed by atoms with Crippen molar-refractivity contribution in [3.05, 3.63) is 30.3 Å². The number of para-hydroxylation sites is 1. The Morgan fingerprint density at radius 3 is 2.75 bits per heavy atom. The van der Waals surface area contributed by atoms with Crippen molar-refractivity contribution in [2.45, 2.75) is 44.3 Å². The second-order valence-corrected chi connectivity index (χ2v) is 7.09. The molecule has 1 aliphatic carbocycles. The lowest BCUT2D eigenvalue weighted by molar-refractivity contribution is -0.131. The second kappa shape index (κ2) is 6.53. The van der Waals surface area contributed by atoms with Crippen molar-refractivity contribution >= 4 is 17.5 Å². The Labute approximate surface area is 141 Å². The molecule has 2 aliphatic heterocycles. The van der Waals surface area contributed by atoms with Crippen LogP contribution in [0.5, 0.6) is 0 Å². The second-order valence-electron chi connectivity index (χ2n) is 7.09. The minimum atomic E-state index is -0.276. The van der Waals surface area contributed by atoms with Crippen LogP contribution in [0.15, 0.2) is 30.3 Å². The number of likely N-dealkylation sites (tertiary alicyclic amines) is 1. The average Bonchev–Trinajstić information content (AvgIpc) is 3.19. The molecule has 1 aromatic carbocycles. The Morgan fingerprint density at radius 1 is 1.12 bits per heavy atom. The first-order valence-electron chi connectivity index (χ1n) is 8.89. The monoisotopic (exact) mass is 328 g/mol. The lowest BCUT2D eigenvalue weighted by Gasteiger charge is -2.32. The topological polar surface area (TPSA) is 73.5 Å². The Balaban J connectivity index is 1.40. The summed E-state index contributed by atoms with van der Waals surface area (Å²) in [5, 5.41) is 2.92. The molecule has 24 heavy (non-hydrogen) atoms. The Bertz CT molecular complexity index is 621. The van der Waals surface area contributed by atoms with E-state index in [2.05, 4.69) is 16.2 Å². The van der Waals surface area contributed by atoms with Crippen molar-refractivity contribution in [3.63, 3.8) is 0 Å². The quantitative estimate of drug-likeness (QED) is 0.785. The highest BCUT2D eigenvalue weighted by molar-refractivity contribution is 5.97. The molecule has 3 N–H and O–H groups in total. The van der Waals surface area contributed by atoms with E-state index in [1.807, 2.05) is 35.2 Å². The molecule has 4 unspecified atom stereocenters. The number of benzene rings is 1. The van der Waals surface area contributed by atoms with Crippen LogP contribution in [-0.4, -0.2) is 35.5 Å². The van der Waals surface area contributed by atoms with Gasteiger partial charge >= 0.3 is 0 Å². The predicted octanol–water partition coefficient (Wildman–Crippen LogP) is 1.47. The highest BCUT2D eigenvalue weighted by Gasteiger charge is 2.46. The lowest BCUT2D eigenvalue weighted by Crippen LogP contribution is -2.48. The number of carbonyl (C=O) groups excluding carboxylic acids is 2. The molecule has 4 atom stereocenters. The minimum Gasteiger partial charge on any atom is -0.326 e. The molecular weight excluding hydrogens is 304 g/mol. The van der Waals surface area contributed by atoms with Gasteiger partial charge in [-0.25, -0.2) is 5.43 Å². The minimum absolute atomic E-state index is 0.0253. The van der Waals surface area contributed by atoms with E-state index in [9.17, 15) is 9.59 Å². The zero-order valence-electron chi connectivity index (χ0n) is 13.7. The third-order valence-corrected chi connectivity index (χ3v) is 5.55. The summed E-state index contributed by atoms with van der Waals surface area (Å²) in [6.07, 6.45) is 5.10. The third kappa shape index (κ3) is 2.91. The van der Waals surface area contributed by atoms with Gasteiger partial charge in [-0.1, -0.05) is 31.0 Å². The van der Waals surface area contributed by atoms with Gasteiger partial charge in [-0.05, 0) is 25.0 Å². The van der Waals surface area contributed by atoms with Crippen LogP contribution in [0.1, 0.15) is 32.1 Å². The van der Waals surface area contributed by atoms with Crippen molar-refractivity contribution in [3.8, 4) is 0 Å². The highest BCUT2D eigenvalue weighted by Crippen LogP contribution is 2.34. The van der Waals surface area contributed by atoms with E-state index >= 15 is 0 Å². The van der Waals surface area contributed by atoms with E-state index < -0.39 is 0 Å². The molecule has 3 fully saturated rings. The van der Waals surface area contributed by atoms with Gasteiger partial charge in [0.1, 0.15) is 0 Å². The molecule has 128 valence electrons. The molecule has 4 rings (SSSR count). The zero-order chi connectivity index (χ0) is 16.5. The number of fused-ring (bicyclic) bond motifs is 1. The maximum Gasteiger partial charge on any atom is 0.229 e. The van der Waals surface area contributed by atoms with Crippen LogP contribution in [0.4, 0.5) is 5.69 Å². The average molecular weight is 328 g/mol. The molecule has 0 bridgehead atoms. The van der Waals surface area contributed by atoms with Crippen molar-refractivity contribution in [1.82, 2.24) is 15.8 Å². The fourth-order valence-corrected chi connectivity index (χ4v) is 4.27. The standard InChI is InChI=1S/C18H24N4O2/c23-16-10-12(18(24)19-13-6-2-1-3-7-13)11-22(16)17-14-8-4-5-9-15(14)20-21-17/h1-3,6-7,12,14-15,17,20-21H,4-5,8-11H2,(H,19,24). The Morgan fingerprint density at radius 2 is 1.92 bits per heavy atom.